The molecule has 142 valence electrons. The molecule has 0 aliphatic rings. The van der Waals surface area contributed by atoms with Crippen LogP contribution >= 0.6 is 0 Å². The molecule has 8 nitrogen and oxygen atoms in total. The zero-order valence-electron chi connectivity index (χ0n) is 14.4. The molecular weight excluding hydrogens is 392 g/mol. The summed E-state index contributed by atoms with van der Waals surface area (Å²) in [5.41, 5.74) is 10.7. The summed E-state index contributed by atoms with van der Waals surface area (Å²) in [4.78, 5) is 19.7. The van der Waals surface area contributed by atoms with Gasteiger partial charge in [0.25, 0.3) is 19.7 Å². The summed E-state index contributed by atoms with van der Waals surface area (Å²) in [6.45, 7) is 3.53. The van der Waals surface area contributed by atoms with Crippen molar-refractivity contribution >= 4 is 36.6 Å². The van der Waals surface area contributed by atoms with Crippen LogP contribution in [-0.2, 0) is 29.3 Å². The number of rotatable bonds is 3. The highest BCUT2D eigenvalue weighted by atomic mass is 32.3. The van der Waals surface area contributed by atoms with E-state index in [1.54, 1.807) is 13.8 Å². The molecule has 0 bridgehead atoms. The maximum absolute atomic E-state index is 12.5. The van der Waals surface area contributed by atoms with Crippen LogP contribution in [0.4, 0.5) is 0 Å². The molecule has 0 heterocycles. The quantitative estimate of drug-likeness (QED) is 0.188. The van der Waals surface area contributed by atoms with Crippen LogP contribution in [0.5, 0.6) is 0 Å². The highest BCUT2D eigenvalue weighted by Gasteiger charge is 2.43. The maximum Gasteiger partial charge on any atom is 0.504 e. The Morgan fingerprint density at radius 3 is 1.26 bits per heavy atom. The summed E-state index contributed by atoms with van der Waals surface area (Å²) in [7, 11) is -8.94. The van der Waals surface area contributed by atoms with Crippen molar-refractivity contribution in [3.8, 4) is 0 Å². The molecule has 0 saturated carbocycles. The first-order valence-electron chi connectivity index (χ1n) is 7.35. The first-order valence-corrected chi connectivity index (χ1v) is 10.3. The minimum Gasteiger partial charge on any atom is -0.359 e. The largest absolute Gasteiger partial charge is 0.504 e. The number of carbonyl (C=O) groups is 2. The first kappa shape index (κ1) is 22.1. The van der Waals surface area contributed by atoms with E-state index in [4.69, 9.17) is 15.1 Å². The zero-order valence-corrected chi connectivity index (χ0v) is 16.1. The van der Waals surface area contributed by atoms with Crippen molar-refractivity contribution in [2.24, 2.45) is 0 Å². The van der Waals surface area contributed by atoms with Gasteiger partial charge in [-0.15, -0.1) is 4.79 Å². The molecule has 0 spiro atoms. The number of aldehydes is 2. The Morgan fingerprint density at radius 1 is 0.741 bits per heavy atom. The van der Waals surface area contributed by atoms with Gasteiger partial charge < -0.3 is 5.53 Å². The van der Waals surface area contributed by atoms with Gasteiger partial charge in [-0.2, -0.15) is 0 Å². The molecule has 0 N–H and O–H groups in total. The topological polar surface area (TPSA) is 139 Å². The van der Waals surface area contributed by atoms with Gasteiger partial charge >= 0.3 is 4.38 Å². The molecule has 0 aliphatic carbocycles. The first-order chi connectivity index (χ1) is 12.6. The number of benzene rings is 2. The van der Waals surface area contributed by atoms with E-state index in [9.17, 15) is 16.8 Å². The van der Waals surface area contributed by atoms with E-state index in [0.717, 1.165) is 11.1 Å². The van der Waals surface area contributed by atoms with Crippen LogP contribution in [0.3, 0.4) is 0 Å². The Hall–Kier alpha value is -2.94. The molecule has 0 unspecified atom stereocenters. The standard InChI is InChI=1S/C15H14N2O4S2.C2H2O2/c1-11-3-7-13(8-4-11)22(18,19)15(17-16)23(20,21)14-9-5-12(2)6-10-14;3-1-2-4/h3-10H,1-2H3;1-2H. The van der Waals surface area contributed by atoms with Crippen molar-refractivity contribution in [2.75, 3.05) is 0 Å². The van der Waals surface area contributed by atoms with Gasteiger partial charge in [-0.1, -0.05) is 35.4 Å². The summed E-state index contributed by atoms with van der Waals surface area (Å²) in [5, 5.41) is 0. The fourth-order valence-corrected chi connectivity index (χ4v) is 5.23. The van der Waals surface area contributed by atoms with Crippen molar-refractivity contribution in [2.45, 2.75) is 23.6 Å². The minimum absolute atomic E-state index is 0.194. The molecular formula is C17H16N2O6S2. The molecule has 10 heteroatoms. The maximum atomic E-state index is 12.5. The minimum atomic E-state index is -4.47. The van der Waals surface area contributed by atoms with Gasteiger partial charge in [0.05, 0.1) is 9.79 Å². The molecule has 0 saturated heterocycles. The van der Waals surface area contributed by atoms with Gasteiger partial charge in [-0.3, -0.25) is 9.59 Å². The number of hydrogen-bond acceptors (Lipinski definition) is 6. The third kappa shape index (κ3) is 5.27. The SMILES string of the molecule is Cc1ccc(S(=O)(=O)C(=[N+]=[N-])S(=O)(=O)c2ccc(C)cc2)cc1.O=CC=O. The predicted molar refractivity (Wildman–Crippen MR) is 97.5 cm³/mol. The van der Waals surface area contributed by atoms with E-state index < -0.39 is 24.1 Å². The van der Waals surface area contributed by atoms with Gasteiger partial charge in [0.1, 0.15) is 0 Å². The number of carbonyl (C=O) groups excluding carboxylic acids is 2. The number of sulfone groups is 2. The molecule has 27 heavy (non-hydrogen) atoms. The lowest BCUT2D eigenvalue weighted by Crippen LogP contribution is -2.26. The summed E-state index contributed by atoms with van der Waals surface area (Å²) in [6, 6.07) is 11.2. The fourth-order valence-electron chi connectivity index (χ4n) is 1.89. The highest BCUT2D eigenvalue weighted by molar-refractivity contribution is 8.31. The molecule has 0 fully saturated rings. The lowest BCUT2D eigenvalue weighted by atomic mass is 10.2. The summed E-state index contributed by atoms with van der Waals surface area (Å²) < 4.78 is 48.7. The number of nitrogens with zero attached hydrogens (tertiary/aromatic N) is 2. The summed E-state index contributed by atoms with van der Waals surface area (Å²) in [5.74, 6) is 0. The van der Waals surface area contributed by atoms with Crippen LogP contribution in [0, 0.1) is 13.8 Å². The van der Waals surface area contributed by atoms with Crippen LogP contribution in [-0.4, -0.2) is 38.6 Å². The van der Waals surface area contributed by atoms with E-state index in [1.807, 2.05) is 0 Å². The Labute approximate surface area is 156 Å². The lowest BCUT2D eigenvalue weighted by Gasteiger charge is -2.03. The van der Waals surface area contributed by atoms with E-state index >= 15 is 0 Å². The van der Waals surface area contributed by atoms with Crippen LogP contribution in [0.1, 0.15) is 11.1 Å². The number of aryl methyl sites for hydroxylation is 2. The third-order valence-corrected chi connectivity index (χ3v) is 7.44. The Bertz CT molecular complexity index is 998. The molecule has 0 amide bonds. The lowest BCUT2D eigenvalue weighted by molar-refractivity contribution is -0.122. The summed E-state index contributed by atoms with van der Waals surface area (Å²) >= 11 is 0. The molecule has 0 aromatic heterocycles. The van der Waals surface area contributed by atoms with E-state index in [1.165, 1.54) is 48.5 Å². The Kier molecular flexibility index (Phi) is 7.47. The van der Waals surface area contributed by atoms with Gasteiger partial charge in [0.2, 0.25) is 0 Å². The normalized spacial score (nSPS) is 10.7. The zero-order chi connectivity index (χ0) is 20.7. The van der Waals surface area contributed by atoms with Crippen molar-refractivity contribution in [1.29, 1.82) is 0 Å². The van der Waals surface area contributed by atoms with E-state index in [-0.39, 0.29) is 22.4 Å². The smallest absolute Gasteiger partial charge is 0.359 e. The average molecular weight is 408 g/mol. The summed E-state index contributed by atoms with van der Waals surface area (Å²) in [6.07, 6.45) is 0.389. The molecule has 2 rings (SSSR count). The van der Waals surface area contributed by atoms with Crippen LogP contribution < -0.4 is 0 Å². The number of hydrogen-bond donors (Lipinski definition) is 0. The van der Waals surface area contributed by atoms with Gasteiger partial charge in [-0.05, 0) is 38.1 Å². The van der Waals surface area contributed by atoms with Crippen LogP contribution in [0.25, 0.3) is 5.53 Å². The van der Waals surface area contributed by atoms with E-state index in [2.05, 4.69) is 4.79 Å². The van der Waals surface area contributed by atoms with E-state index in [0.29, 0.717) is 0 Å². The monoisotopic (exact) mass is 408 g/mol. The molecule has 0 radical (unpaired) electrons. The predicted octanol–water partition coefficient (Wildman–Crippen LogP) is 1.52. The van der Waals surface area contributed by atoms with Gasteiger partial charge in [0, 0.05) is 0 Å². The highest BCUT2D eigenvalue weighted by Crippen LogP contribution is 2.21. The molecule has 0 aliphatic heterocycles. The van der Waals surface area contributed by atoms with Gasteiger partial charge in [-0.25, -0.2) is 16.8 Å². The second-order valence-corrected chi connectivity index (χ2v) is 9.26. The Balaban J connectivity index is 0.000000828. The molecule has 2 aromatic carbocycles. The Morgan fingerprint density at radius 2 is 1.04 bits per heavy atom. The third-order valence-electron chi connectivity index (χ3n) is 3.26. The molecule has 0 atom stereocenters. The van der Waals surface area contributed by atoms with Crippen LogP contribution in [0.2, 0.25) is 0 Å². The van der Waals surface area contributed by atoms with Crippen molar-refractivity contribution in [3.63, 3.8) is 0 Å². The van der Waals surface area contributed by atoms with Crippen LogP contribution in [0.15, 0.2) is 58.3 Å². The van der Waals surface area contributed by atoms with Crippen molar-refractivity contribution in [3.05, 3.63) is 65.2 Å². The van der Waals surface area contributed by atoms with Gasteiger partial charge in [0.15, 0.2) is 12.6 Å². The molecule has 2 aromatic rings. The average Bonchev–Trinajstić information content (AvgIpc) is 2.62. The van der Waals surface area contributed by atoms with Crippen molar-refractivity contribution in [1.82, 2.24) is 0 Å². The fraction of sp³-hybridized carbons (Fsp3) is 0.118. The second-order valence-electron chi connectivity index (χ2n) is 5.27. The second kappa shape index (κ2) is 9.13. The van der Waals surface area contributed by atoms with Crippen molar-refractivity contribution < 1.29 is 31.2 Å².